The van der Waals surface area contributed by atoms with Crippen molar-refractivity contribution in [2.24, 2.45) is 0 Å². The molecular weight excluding hydrogens is 294 g/mol. The molecule has 10 heteroatoms. The van der Waals surface area contributed by atoms with Gasteiger partial charge in [0.15, 0.2) is 0 Å². The number of nitro groups is 2. The lowest BCUT2D eigenvalue weighted by Gasteiger charge is -2.22. The molecule has 1 atom stereocenters. The Hall–Kier alpha value is -2.33. The number of aliphatic hydroxyl groups is 1. The van der Waals surface area contributed by atoms with Crippen LogP contribution in [-0.4, -0.2) is 57.1 Å². The molecule has 0 amide bonds. The number of nitrogens with one attached hydrogen (secondary N) is 1. The lowest BCUT2D eigenvalue weighted by molar-refractivity contribution is -0.394. The summed E-state index contributed by atoms with van der Waals surface area (Å²) in [7, 11) is 0. The van der Waals surface area contributed by atoms with E-state index < -0.39 is 27.3 Å². The number of nitrogens with zero attached hydrogens (tertiary/aromatic N) is 4. The highest BCUT2D eigenvalue weighted by molar-refractivity contribution is 5.59. The maximum absolute atomic E-state index is 10.9. The predicted molar refractivity (Wildman–Crippen MR) is 79.8 cm³/mol. The van der Waals surface area contributed by atoms with Crippen molar-refractivity contribution in [1.29, 1.82) is 0 Å². The number of rotatable bonds is 9. The van der Waals surface area contributed by atoms with Gasteiger partial charge in [0.25, 0.3) is 5.69 Å². The van der Waals surface area contributed by atoms with Gasteiger partial charge in [-0.1, -0.05) is 13.8 Å². The minimum atomic E-state index is -0.751. The maximum Gasteiger partial charge on any atom is 0.318 e. The smallest absolute Gasteiger partial charge is 0.318 e. The molecule has 122 valence electrons. The predicted octanol–water partition coefficient (Wildman–Crippen LogP) is 1.01. The molecule has 0 fully saturated rings. The molecule has 1 aromatic heterocycles. The van der Waals surface area contributed by atoms with E-state index in [0.29, 0.717) is 6.54 Å². The highest BCUT2D eigenvalue weighted by Gasteiger charge is 2.21. The van der Waals surface area contributed by atoms with Crippen molar-refractivity contribution in [3.63, 3.8) is 0 Å². The molecule has 1 unspecified atom stereocenters. The van der Waals surface area contributed by atoms with E-state index in [2.05, 4.69) is 10.3 Å². The van der Waals surface area contributed by atoms with E-state index in [-0.39, 0.29) is 12.4 Å². The van der Waals surface area contributed by atoms with Gasteiger partial charge >= 0.3 is 5.69 Å². The monoisotopic (exact) mass is 313 g/mol. The molecular formula is C12H19N5O5. The molecule has 22 heavy (non-hydrogen) atoms. The van der Waals surface area contributed by atoms with Crippen molar-refractivity contribution in [2.45, 2.75) is 20.0 Å². The molecule has 2 N–H and O–H groups in total. The highest BCUT2D eigenvalue weighted by atomic mass is 16.6. The van der Waals surface area contributed by atoms with Gasteiger partial charge in [0, 0.05) is 13.1 Å². The molecule has 0 aliphatic rings. The molecule has 0 aromatic carbocycles. The van der Waals surface area contributed by atoms with Crippen LogP contribution >= 0.6 is 0 Å². The number of hydrogen-bond donors (Lipinski definition) is 2. The fourth-order valence-electron chi connectivity index (χ4n) is 1.88. The fourth-order valence-corrected chi connectivity index (χ4v) is 1.88. The molecule has 0 saturated heterocycles. The van der Waals surface area contributed by atoms with Crippen molar-refractivity contribution in [3.05, 3.63) is 32.5 Å². The Morgan fingerprint density at radius 2 is 1.95 bits per heavy atom. The van der Waals surface area contributed by atoms with Gasteiger partial charge in [-0.15, -0.1) is 0 Å². The van der Waals surface area contributed by atoms with Crippen molar-refractivity contribution in [3.8, 4) is 0 Å². The Morgan fingerprint density at radius 3 is 2.45 bits per heavy atom. The van der Waals surface area contributed by atoms with Crippen molar-refractivity contribution in [2.75, 3.05) is 31.5 Å². The summed E-state index contributed by atoms with van der Waals surface area (Å²) in [6.45, 7) is 5.97. The number of aromatic nitrogens is 1. The topological polar surface area (TPSA) is 135 Å². The molecule has 1 heterocycles. The summed E-state index contributed by atoms with van der Waals surface area (Å²) in [5.41, 5.74) is -0.954. The Bertz CT molecular complexity index is 535. The minimum Gasteiger partial charge on any atom is -0.390 e. The summed E-state index contributed by atoms with van der Waals surface area (Å²) >= 11 is 0. The van der Waals surface area contributed by atoms with Crippen LogP contribution in [0.1, 0.15) is 13.8 Å². The van der Waals surface area contributed by atoms with Gasteiger partial charge in [0.05, 0.1) is 22.0 Å². The molecule has 0 bridgehead atoms. The van der Waals surface area contributed by atoms with Crippen LogP contribution < -0.4 is 5.32 Å². The number of likely N-dealkylation sites (N-methyl/N-ethyl adjacent to an activating group) is 1. The standard InChI is InChI=1S/C12H19N5O5/c1-3-15(4-2)8-10(18)7-14-12-11(17(21)22)5-9(6-13-12)16(19)20/h5-6,10,18H,3-4,7-8H2,1-2H3,(H,13,14). The van der Waals surface area contributed by atoms with Gasteiger partial charge in [0.1, 0.15) is 6.20 Å². The van der Waals surface area contributed by atoms with E-state index in [9.17, 15) is 25.3 Å². The van der Waals surface area contributed by atoms with Crippen LogP contribution in [0.15, 0.2) is 12.3 Å². The average Bonchev–Trinajstić information content (AvgIpc) is 2.50. The van der Waals surface area contributed by atoms with E-state index in [0.717, 1.165) is 25.4 Å². The number of hydrogen-bond acceptors (Lipinski definition) is 8. The second-order valence-corrected chi connectivity index (χ2v) is 4.60. The molecule has 1 aromatic rings. The first-order valence-electron chi connectivity index (χ1n) is 6.82. The number of pyridine rings is 1. The zero-order valence-electron chi connectivity index (χ0n) is 12.4. The Labute approximate surface area is 127 Å². The van der Waals surface area contributed by atoms with E-state index in [1.165, 1.54) is 0 Å². The van der Waals surface area contributed by atoms with Crippen molar-refractivity contribution >= 4 is 17.2 Å². The Morgan fingerprint density at radius 1 is 1.32 bits per heavy atom. The van der Waals surface area contributed by atoms with Gasteiger partial charge in [0.2, 0.25) is 5.82 Å². The van der Waals surface area contributed by atoms with E-state index in [1.54, 1.807) is 0 Å². The van der Waals surface area contributed by atoms with Crippen LogP contribution in [0.3, 0.4) is 0 Å². The molecule has 0 saturated carbocycles. The first-order chi connectivity index (χ1) is 10.4. The van der Waals surface area contributed by atoms with Crippen LogP contribution in [0.5, 0.6) is 0 Å². The van der Waals surface area contributed by atoms with Crippen LogP contribution in [0.25, 0.3) is 0 Å². The van der Waals surface area contributed by atoms with Gasteiger partial charge in [-0.25, -0.2) is 4.98 Å². The average molecular weight is 313 g/mol. The summed E-state index contributed by atoms with van der Waals surface area (Å²) in [4.78, 5) is 25.8. The first kappa shape index (κ1) is 17.7. The number of aliphatic hydroxyl groups excluding tert-OH is 1. The van der Waals surface area contributed by atoms with Crippen LogP contribution in [0, 0.1) is 20.2 Å². The minimum absolute atomic E-state index is 0.0577. The number of anilines is 1. The molecule has 0 spiro atoms. The quantitative estimate of drug-likeness (QED) is 0.509. The van der Waals surface area contributed by atoms with Crippen LogP contribution in [-0.2, 0) is 0 Å². The zero-order chi connectivity index (χ0) is 16.7. The largest absolute Gasteiger partial charge is 0.390 e. The second-order valence-electron chi connectivity index (χ2n) is 4.60. The molecule has 10 nitrogen and oxygen atoms in total. The van der Waals surface area contributed by atoms with Crippen molar-refractivity contribution in [1.82, 2.24) is 9.88 Å². The van der Waals surface area contributed by atoms with Gasteiger partial charge in [-0.2, -0.15) is 0 Å². The zero-order valence-corrected chi connectivity index (χ0v) is 12.4. The summed E-state index contributed by atoms with van der Waals surface area (Å²) in [6.07, 6.45) is 0.197. The Kier molecular flexibility index (Phi) is 6.60. The van der Waals surface area contributed by atoms with Gasteiger partial charge in [-0.05, 0) is 13.1 Å². The van der Waals surface area contributed by atoms with Crippen molar-refractivity contribution < 1.29 is 15.0 Å². The van der Waals surface area contributed by atoms with Crippen LogP contribution in [0.2, 0.25) is 0 Å². The molecule has 1 rings (SSSR count). The second kappa shape index (κ2) is 8.20. The molecule has 0 aliphatic carbocycles. The molecule has 0 aliphatic heterocycles. The lowest BCUT2D eigenvalue weighted by atomic mass is 10.3. The summed E-state index contributed by atoms with van der Waals surface area (Å²) in [6, 6.07) is 0.839. The first-order valence-corrected chi connectivity index (χ1v) is 6.82. The highest BCUT2D eigenvalue weighted by Crippen LogP contribution is 2.26. The van der Waals surface area contributed by atoms with E-state index in [4.69, 9.17) is 0 Å². The van der Waals surface area contributed by atoms with E-state index in [1.807, 2.05) is 18.7 Å². The summed E-state index contributed by atoms with van der Waals surface area (Å²) < 4.78 is 0. The lowest BCUT2D eigenvalue weighted by Crippen LogP contribution is -2.36. The third-order valence-corrected chi connectivity index (χ3v) is 3.13. The van der Waals surface area contributed by atoms with E-state index >= 15 is 0 Å². The third kappa shape index (κ3) is 4.90. The maximum atomic E-state index is 10.9. The fraction of sp³-hybridized carbons (Fsp3) is 0.583. The Balaban J connectivity index is 2.76. The molecule has 0 radical (unpaired) electrons. The normalized spacial score (nSPS) is 12.2. The SMILES string of the molecule is CCN(CC)CC(O)CNc1ncc([N+](=O)[O-])cc1[N+](=O)[O-]. The summed E-state index contributed by atoms with van der Waals surface area (Å²) in [5.74, 6) is -0.103. The van der Waals surface area contributed by atoms with Gasteiger partial charge in [-0.3, -0.25) is 20.2 Å². The van der Waals surface area contributed by atoms with Gasteiger partial charge < -0.3 is 15.3 Å². The summed E-state index contributed by atoms with van der Waals surface area (Å²) in [5, 5.41) is 34.1. The third-order valence-electron chi connectivity index (χ3n) is 3.13. The van der Waals surface area contributed by atoms with Crippen LogP contribution in [0.4, 0.5) is 17.2 Å².